The van der Waals surface area contributed by atoms with Gasteiger partial charge in [-0.05, 0) is 6.92 Å². The van der Waals surface area contributed by atoms with Gasteiger partial charge in [0.2, 0.25) is 0 Å². The normalized spacial score (nSPS) is 10.7. The third-order valence-corrected chi connectivity index (χ3v) is 1.52. The molecule has 11 heavy (non-hydrogen) atoms. The molecule has 5 heteroatoms. The Morgan fingerprint density at radius 2 is 2.36 bits per heavy atom. The van der Waals surface area contributed by atoms with Crippen LogP contribution < -0.4 is 0 Å². The fourth-order valence-corrected chi connectivity index (χ4v) is 1.04. The van der Waals surface area contributed by atoms with Gasteiger partial charge in [-0.25, -0.2) is 9.50 Å². The molecule has 0 saturated carbocycles. The van der Waals surface area contributed by atoms with Gasteiger partial charge in [-0.3, -0.25) is 0 Å². The van der Waals surface area contributed by atoms with E-state index < -0.39 is 0 Å². The summed E-state index contributed by atoms with van der Waals surface area (Å²) in [6.07, 6.45) is 3.41. The smallest absolute Gasteiger partial charge is 0.218 e. The topological polar surface area (TPSA) is 43.1 Å². The van der Waals surface area contributed by atoms with Crippen LogP contribution in [0.4, 0.5) is 0 Å². The van der Waals surface area contributed by atoms with Crippen molar-refractivity contribution in [2.75, 3.05) is 0 Å². The molecule has 0 fully saturated rings. The summed E-state index contributed by atoms with van der Waals surface area (Å²) < 4.78 is 1.61. The number of thiol groups is 1. The maximum Gasteiger partial charge on any atom is 0.252 e. The Morgan fingerprint density at radius 3 is 3.18 bits per heavy atom. The van der Waals surface area contributed by atoms with E-state index in [0.29, 0.717) is 5.78 Å². The van der Waals surface area contributed by atoms with Gasteiger partial charge in [-0.1, -0.05) is 0 Å². The molecule has 0 aliphatic rings. The van der Waals surface area contributed by atoms with Crippen LogP contribution in [0.2, 0.25) is 0 Å². The minimum absolute atomic E-state index is 0.611. The molecule has 0 saturated heterocycles. The highest BCUT2D eigenvalue weighted by Gasteiger charge is 1.98. The highest BCUT2D eigenvalue weighted by atomic mass is 32.1. The molecule has 56 valence electrons. The first-order valence-corrected chi connectivity index (χ1v) is 3.58. The van der Waals surface area contributed by atoms with E-state index in [0.717, 1.165) is 10.7 Å². The highest BCUT2D eigenvalue weighted by Crippen LogP contribution is 2.03. The summed E-state index contributed by atoms with van der Waals surface area (Å²) in [5.74, 6) is 1.33. The molecule has 2 aromatic heterocycles. The highest BCUT2D eigenvalue weighted by molar-refractivity contribution is 7.80. The molecule has 0 aliphatic heterocycles. The summed E-state index contributed by atoms with van der Waals surface area (Å²) in [5.41, 5.74) is 0. The second kappa shape index (κ2) is 2.20. The Kier molecular flexibility index (Phi) is 1.32. The predicted molar refractivity (Wildman–Crippen MR) is 42.8 cm³/mol. The van der Waals surface area contributed by atoms with Crippen LogP contribution in [0.1, 0.15) is 5.82 Å². The zero-order valence-corrected chi connectivity index (χ0v) is 6.79. The van der Waals surface area contributed by atoms with Crippen LogP contribution in [-0.4, -0.2) is 19.6 Å². The number of nitrogens with zero attached hydrogens (tertiary/aromatic N) is 4. The van der Waals surface area contributed by atoms with Crippen molar-refractivity contribution in [2.45, 2.75) is 11.8 Å². The first-order valence-electron chi connectivity index (χ1n) is 3.14. The average molecular weight is 166 g/mol. The molecule has 0 unspecified atom stereocenters. The Hall–Kier alpha value is -1.10. The van der Waals surface area contributed by atoms with Crippen LogP contribution in [0.15, 0.2) is 17.3 Å². The van der Waals surface area contributed by atoms with Gasteiger partial charge in [0.05, 0.1) is 0 Å². The second-order valence-corrected chi connectivity index (χ2v) is 2.73. The van der Waals surface area contributed by atoms with Crippen molar-refractivity contribution in [3.05, 3.63) is 18.2 Å². The Balaban J connectivity index is 2.82. The molecule has 0 aromatic carbocycles. The zero-order chi connectivity index (χ0) is 7.84. The molecule has 2 aromatic rings. The number of hydrogen-bond acceptors (Lipinski definition) is 4. The van der Waals surface area contributed by atoms with E-state index in [1.807, 2.05) is 6.92 Å². The number of hydrogen-bond donors (Lipinski definition) is 1. The summed E-state index contributed by atoms with van der Waals surface area (Å²) in [6.45, 7) is 1.83. The van der Waals surface area contributed by atoms with Gasteiger partial charge in [0.25, 0.3) is 5.78 Å². The Morgan fingerprint density at radius 1 is 1.55 bits per heavy atom. The molecule has 0 bridgehead atoms. The quantitative estimate of drug-likeness (QED) is 0.586. The molecule has 0 N–H and O–H groups in total. The minimum Gasteiger partial charge on any atom is -0.218 e. The third kappa shape index (κ3) is 1.07. The van der Waals surface area contributed by atoms with E-state index in [9.17, 15) is 0 Å². The second-order valence-electron chi connectivity index (χ2n) is 2.22. The fourth-order valence-electron chi connectivity index (χ4n) is 0.876. The summed E-state index contributed by atoms with van der Waals surface area (Å²) in [6, 6.07) is 0. The lowest BCUT2D eigenvalue weighted by Gasteiger charge is -1.89. The van der Waals surface area contributed by atoms with Crippen LogP contribution in [0.3, 0.4) is 0 Å². The molecule has 2 heterocycles. The Labute approximate surface area is 68.7 Å². The van der Waals surface area contributed by atoms with Gasteiger partial charge in [0.1, 0.15) is 5.82 Å². The summed E-state index contributed by atoms with van der Waals surface area (Å²) in [7, 11) is 0. The van der Waals surface area contributed by atoms with E-state index in [2.05, 4.69) is 27.7 Å². The SMILES string of the molecule is Cc1nc2ncc(S)cn2n1. The summed E-state index contributed by atoms with van der Waals surface area (Å²) in [5, 5.41) is 4.07. The third-order valence-electron chi connectivity index (χ3n) is 1.29. The monoisotopic (exact) mass is 166 g/mol. The molecular weight excluding hydrogens is 160 g/mol. The van der Waals surface area contributed by atoms with Gasteiger partial charge in [0.15, 0.2) is 0 Å². The van der Waals surface area contributed by atoms with Crippen molar-refractivity contribution >= 4 is 18.4 Å². The lowest BCUT2D eigenvalue weighted by molar-refractivity contribution is 0.895. The first kappa shape index (κ1) is 6.60. The molecular formula is C6H6N4S. The molecule has 0 spiro atoms. The zero-order valence-electron chi connectivity index (χ0n) is 5.89. The average Bonchev–Trinajstić information content (AvgIpc) is 2.27. The predicted octanol–water partition coefficient (Wildman–Crippen LogP) is 0.721. The van der Waals surface area contributed by atoms with Gasteiger partial charge < -0.3 is 0 Å². The van der Waals surface area contributed by atoms with Crippen molar-refractivity contribution in [3.63, 3.8) is 0 Å². The summed E-state index contributed by atoms with van der Waals surface area (Å²) >= 11 is 4.12. The van der Waals surface area contributed by atoms with Crippen LogP contribution in [0, 0.1) is 6.92 Å². The van der Waals surface area contributed by atoms with E-state index >= 15 is 0 Å². The van der Waals surface area contributed by atoms with Gasteiger partial charge in [-0.2, -0.15) is 10.1 Å². The van der Waals surface area contributed by atoms with Gasteiger partial charge in [0, 0.05) is 17.3 Å². The van der Waals surface area contributed by atoms with Crippen LogP contribution in [0.5, 0.6) is 0 Å². The molecule has 0 aliphatic carbocycles. The van der Waals surface area contributed by atoms with E-state index in [-0.39, 0.29) is 0 Å². The fraction of sp³-hybridized carbons (Fsp3) is 0.167. The standard InChI is InChI=1S/C6H6N4S/c1-4-8-6-7-2-5(11)3-10(6)9-4/h2-3,11H,1H3. The largest absolute Gasteiger partial charge is 0.252 e. The van der Waals surface area contributed by atoms with E-state index in [1.54, 1.807) is 16.9 Å². The maximum absolute atomic E-state index is 4.12. The van der Waals surface area contributed by atoms with Crippen molar-refractivity contribution in [1.82, 2.24) is 19.6 Å². The summed E-state index contributed by atoms with van der Waals surface area (Å²) in [4.78, 5) is 8.86. The first-order chi connectivity index (χ1) is 5.25. The molecule has 0 atom stereocenters. The van der Waals surface area contributed by atoms with Crippen molar-refractivity contribution in [3.8, 4) is 0 Å². The molecule has 4 nitrogen and oxygen atoms in total. The number of aryl methyl sites for hydroxylation is 1. The van der Waals surface area contributed by atoms with Crippen LogP contribution in [0.25, 0.3) is 5.78 Å². The van der Waals surface area contributed by atoms with Crippen molar-refractivity contribution in [1.29, 1.82) is 0 Å². The van der Waals surface area contributed by atoms with E-state index in [1.165, 1.54) is 0 Å². The maximum atomic E-state index is 4.12. The van der Waals surface area contributed by atoms with Crippen molar-refractivity contribution in [2.24, 2.45) is 0 Å². The lowest BCUT2D eigenvalue weighted by atomic mass is 10.7. The van der Waals surface area contributed by atoms with Crippen LogP contribution in [-0.2, 0) is 0 Å². The lowest BCUT2D eigenvalue weighted by Crippen LogP contribution is -1.89. The van der Waals surface area contributed by atoms with Gasteiger partial charge in [-0.15, -0.1) is 12.6 Å². The molecule has 2 rings (SSSR count). The number of fused-ring (bicyclic) bond motifs is 1. The van der Waals surface area contributed by atoms with E-state index in [4.69, 9.17) is 0 Å². The van der Waals surface area contributed by atoms with Crippen LogP contribution >= 0.6 is 12.6 Å². The number of rotatable bonds is 0. The van der Waals surface area contributed by atoms with Gasteiger partial charge >= 0.3 is 0 Å². The number of aromatic nitrogens is 4. The minimum atomic E-state index is 0.611. The molecule has 0 amide bonds. The molecule has 0 radical (unpaired) electrons. The Bertz CT molecular complexity index is 394. The van der Waals surface area contributed by atoms with Crippen molar-refractivity contribution < 1.29 is 0 Å².